The minimum Gasteiger partial charge on any atom is -0.464 e. The first-order valence-corrected chi connectivity index (χ1v) is 4.71. The van der Waals surface area contributed by atoms with Gasteiger partial charge in [0, 0.05) is 5.22 Å². The number of hydrogen-bond donors (Lipinski definition) is 0. The van der Waals surface area contributed by atoms with E-state index in [1.165, 1.54) is 0 Å². The van der Waals surface area contributed by atoms with Gasteiger partial charge in [-0.1, -0.05) is 32.1 Å². The molecular weight excluding hydrogens is 160 g/mol. The first-order chi connectivity index (χ1) is 6.38. The quantitative estimate of drug-likeness (QED) is 0.644. The minimum atomic E-state index is 0.922. The lowest BCUT2D eigenvalue weighted by atomic mass is 10.3. The Labute approximate surface area is 80.1 Å². The molecule has 0 aliphatic carbocycles. The molecule has 0 N–H and O–H groups in total. The van der Waals surface area contributed by atoms with Gasteiger partial charge >= 0.3 is 0 Å². The summed E-state index contributed by atoms with van der Waals surface area (Å²) >= 11 is 0. The molecule has 0 unspecified atom stereocenters. The van der Waals surface area contributed by atoms with Gasteiger partial charge in [0.15, 0.2) is 0 Å². The van der Waals surface area contributed by atoms with E-state index in [9.17, 15) is 0 Å². The molecule has 0 saturated heterocycles. The molecule has 0 aromatic carbocycles. The van der Waals surface area contributed by atoms with Crippen LogP contribution in [0.3, 0.4) is 0 Å². The Morgan fingerprint density at radius 1 is 1.23 bits per heavy atom. The summed E-state index contributed by atoms with van der Waals surface area (Å²) in [6, 6.07) is 1.95. The zero-order valence-electron chi connectivity index (χ0n) is 8.87. The summed E-state index contributed by atoms with van der Waals surface area (Å²) in [5.74, 6) is 0. The average molecular weight is 178 g/mol. The molecule has 0 fully saturated rings. The molecule has 1 aromatic heterocycles. The largest absolute Gasteiger partial charge is 0.464 e. The number of rotatable bonds is 1. The molecule has 0 amide bonds. The molecule has 0 radical (unpaired) electrons. The lowest BCUT2D eigenvalue weighted by molar-refractivity contribution is 0.531. The van der Waals surface area contributed by atoms with Gasteiger partial charge < -0.3 is 4.42 Å². The van der Waals surface area contributed by atoms with Crippen LogP contribution < -0.4 is 10.6 Å². The Hall–Kier alpha value is -1.24. The van der Waals surface area contributed by atoms with Gasteiger partial charge in [0.2, 0.25) is 0 Å². The van der Waals surface area contributed by atoms with E-state index >= 15 is 0 Å². The molecule has 0 aliphatic heterocycles. The second kappa shape index (κ2) is 7.41. The lowest BCUT2D eigenvalue weighted by Gasteiger charge is -1.74. The summed E-state index contributed by atoms with van der Waals surface area (Å²) < 4.78 is 5.22. The minimum absolute atomic E-state index is 0.922. The van der Waals surface area contributed by atoms with Gasteiger partial charge in [-0.2, -0.15) is 0 Å². The van der Waals surface area contributed by atoms with Crippen molar-refractivity contribution < 1.29 is 4.42 Å². The molecule has 1 heterocycles. The molecule has 1 aromatic rings. The molecule has 13 heavy (non-hydrogen) atoms. The maximum Gasteiger partial charge on any atom is 0.133 e. The van der Waals surface area contributed by atoms with E-state index in [4.69, 9.17) is 4.42 Å². The Morgan fingerprint density at radius 3 is 2.46 bits per heavy atom. The van der Waals surface area contributed by atoms with Gasteiger partial charge in [-0.15, -0.1) is 0 Å². The lowest BCUT2D eigenvalue weighted by Crippen LogP contribution is -2.17. The highest BCUT2D eigenvalue weighted by molar-refractivity contribution is 5.35. The van der Waals surface area contributed by atoms with Crippen molar-refractivity contribution in [2.75, 3.05) is 0 Å². The van der Waals surface area contributed by atoms with Gasteiger partial charge in [0.1, 0.15) is 5.42 Å². The molecule has 1 rings (SSSR count). The Balaban J connectivity index is 0.000000671. The Bertz CT molecular complexity index is 341. The van der Waals surface area contributed by atoms with Crippen molar-refractivity contribution in [3.63, 3.8) is 0 Å². The fourth-order valence-corrected chi connectivity index (χ4v) is 0.888. The summed E-state index contributed by atoms with van der Waals surface area (Å²) in [5.41, 5.74) is 0.922. The summed E-state index contributed by atoms with van der Waals surface area (Å²) in [6.07, 6.45) is 9.62. The molecule has 0 spiro atoms. The first-order valence-electron chi connectivity index (χ1n) is 4.71. The maximum absolute atomic E-state index is 5.22. The van der Waals surface area contributed by atoms with Gasteiger partial charge in [-0.05, 0) is 26.0 Å². The van der Waals surface area contributed by atoms with Crippen molar-refractivity contribution in [2.24, 2.45) is 0 Å². The summed E-state index contributed by atoms with van der Waals surface area (Å²) in [4.78, 5) is 0. The van der Waals surface area contributed by atoms with Crippen LogP contribution in [0, 0.1) is 0 Å². The van der Waals surface area contributed by atoms with E-state index in [-0.39, 0.29) is 0 Å². The third kappa shape index (κ3) is 3.79. The zero-order chi connectivity index (χ0) is 10.1. The van der Waals surface area contributed by atoms with Crippen molar-refractivity contribution in [3.05, 3.63) is 35.1 Å². The monoisotopic (exact) mass is 178 g/mol. The molecule has 1 nitrogen and oxygen atoms in total. The average Bonchev–Trinajstić information content (AvgIpc) is 2.65. The van der Waals surface area contributed by atoms with Gasteiger partial charge in [0.05, 0.1) is 6.26 Å². The van der Waals surface area contributed by atoms with E-state index in [2.05, 4.69) is 0 Å². The van der Waals surface area contributed by atoms with Crippen LogP contribution in [0.1, 0.15) is 27.7 Å². The van der Waals surface area contributed by atoms with Crippen LogP contribution in [0.5, 0.6) is 0 Å². The van der Waals surface area contributed by atoms with Crippen molar-refractivity contribution in [1.29, 1.82) is 0 Å². The number of allylic oxidation sites excluding steroid dienone is 2. The highest BCUT2D eigenvalue weighted by atomic mass is 16.3. The van der Waals surface area contributed by atoms with Crippen LogP contribution in [0.2, 0.25) is 0 Å². The summed E-state index contributed by atoms with van der Waals surface area (Å²) in [5, 5.41) is 1.14. The number of hydrogen-bond acceptors (Lipinski definition) is 1. The predicted molar refractivity (Wildman–Crippen MR) is 58.7 cm³/mol. The topological polar surface area (TPSA) is 13.1 Å². The van der Waals surface area contributed by atoms with E-state index in [0.29, 0.717) is 0 Å². The fraction of sp³-hybridized carbons (Fsp3) is 0.333. The van der Waals surface area contributed by atoms with E-state index in [1.807, 2.05) is 58.1 Å². The summed E-state index contributed by atoms with van der Waals surface area (Å²) in [6.45, 7) is 7.98. The first kappa shape index (κ1) is 11.8. The smallest absolute Gasteiger partial charge is 0.133 e. The molecule has 0 aliphatic rings. The second-order valence-electron chi connectivity index (χ2n) is 2.22. The van der Waals surface area contributed by atoms with E-state index in [1.54, 1.807) is 6.26 Å². The maximum atomic E-state index is 5.22. The van der Waals surface area contributed by atoms with Crippen molar-refractivity contribution in [3.8, 4) is 0 Å². The highest BCUT2D eigenvalue weighted by Gasteiger charge is 1.82. The summed E-state index contributed by atoms with van der Waals surface area (Å²) in [7, 11) is 0. The second-order valence-corrected chi connectivity index (χ2v) is 2.22. The van der Waals surface area contributed by atoms with E-state index in [0.717, 1.165) is 10.6 Å². The molecule has 72 valence electrons. The van der Waals surface area contributed by atoms with Crippen LogP contribution in [0.15, 0.2) is 28.9 Å². The van der Waals surface area contributed by atoms with E-state index < -0.39 is 0 Å². The molecule has 1 heteroatoms. The van der Waals surface area contributed by atoms with Crippen LogP contribution in [-0.4, -0.2) is 0 Å². The van der Waals surface area contributed by atoms with Crippen LogP contribution in [-0.2, 0) is 0 Å². The Morgan fingerprint density at radius 2 is 1.92 bits per heavy atom. The fourth-order valence-electron chi connectivity index (χ4n) is 0.888. The molecule has 0 atom stereocenters. The third-order valence-corrected chi connectivity index (χ3v) is 1.48. The van der Waals surface area contributed by atoms with Crippen LogP contribution in [0.4, 0.5) is 0 Å². The third-order valence-electron chi connectivity index (χ3n) is 1.48. The molecule has 0 saturated carbocycles. The normalized spacial score (nSPS) is 13.2. The number of furan rings is 1. The van der Waals surface area contributed by atoms with Crippen molar-refractivity contribution >= 4 is 12.2 Å². The van der Waals surface area contributed by atoms with Crippen LogP contribution in [0.25, 0.3) is 12.2 Å². The SMILES string of the molecule is CC.C\C=C/C=c1/occ/c1=C/C. The van der Waals surface area contributed by atoms with Crippen molar-refractivity contribution in [2.45, 2.75) is 27.7 Å². The van der Waals surface area contributed by atoms with Gasteiger partial charge in [-0.3, -0.25) is 0 Å². The molecule has 0 bridgehead atoms. The van der Waals surface area contributed by atoms with Crippen molar-refractivity contribution in [1.82, 2.24) is 0 Å². The molecular formula is C12H18O. The highest BCUT2D eigenvalue weighted by Crippen LogP contribution is 1.74. The zero-order valence-corrected chi connectivity index (χ0v) is 8.87. The Kier molecular flexibility index (Phi) is 6.70. The van der Waals surface area contributed by atoms with Gasteiger partial charge in [-0.25, -0.2) is 0 Å². The van der Waals surface area contributed by atoms with Crippen LogP contribution >= 0.6 is 0 Å². The predicted octanol–water partition coefficient (Wildman–Crippen LogP) is 2.46. The van der Waals surface area contributed by atoms with Gasteiger partial charge in [0.25, 0.3) is 0 Å². The standard InChI is InChI=1S/C10H12O.C2H6/c1-3-5-6-10-9(4-2)7-8-11-10;1-2/h3-8H,1-2H3;1-2H3/b5-3-,9-4-,10-6+;.